The van der Waals surface area contributed by atoms with Gasteiger partial charge in [0.1, 0.15) is 11.9 Å². The molecule has 0 rings (SSSR count). The summed E-state index contributed by atoms with van der Waals surface area (Å²) in [4.78, 5) is 11.5. The molecule has 0 heterocycles. The van der Waals surface area contributed by atoms with Crippen LogP contribution in [-0.4, -0.2) is 50.9 Å². The minimum absolute atomic E-state index is 0.284. The maximum absolute atomic E-state index is 11.5. The fourth-order valence-electron chi connectivity index (χ4n) is 2.12. The Morgan fingerprint density at radius 3 is 1.62 bits per heavy atom. The third-order valence-electron chi connectivity index (χ3n) is 3.12. The molecule has 0 N–H and O–H groups in total. The SMILES string of the molecule is COC(=O)/C=C(/OC)[C@H](C)[C@@H](OC)C(OC(C)(C)C)OC(C)(C)C. The van der Waals surface area contributed by atoms with Crippen molar-refractivity contribution in [2.75, 3.05) is 21.3 Å². The molecule has 0 spiro atoms. The van der Waals surface area contributed by atoms with Gasteiger partial charge in [-0.05, 0) is 41.5 Å². The van der Waals surface area contributed by atoms with E-state index in [9.17, 15) is 4.79 Å². The van der Waals surface area contributed by atoms with Crippen molar-refractivity contribution in [3.8, 4) is 0 Å². The van der Waals surface area contributed by atoms with E-state index in [4.69, 9.17) is 18.9 Å². The molecular formula is C18H34O6. The Morgan fingerprint density at radius 1 is 0.875 bits per heavy atom. The maximum atomic E-state index is 11.5. The first-order valence-electron chi connectivity index (χ1n) is 8.06. The van der Waals surface area contributed by atoms with Gasteiger partial charge >= 0.3 is 5.97 Å². The number of hydrogen-bond donors (Lipinski definition) is 0. The summed E-state index contributed by atoms with van der Waals surface area (Å²) < 4.78 is 27.8. The van der Waals surface area contributed by atoms with Gasteiger partial charge in [-0.1, -0.05) is 6.92 Å². The van der Waals surface area contributed by atoms with Gasteiger partial charge in [-0.15, -0.1) is 0 Å². The molecule has 0 bridgehead atoms. The zero-order chi connectivity index (χ0) is 19.1. The van der Waals surface area contributed by atoms with Crippen LogP contribution in [0.15, 0.2) is 11.8 Å². The molecule has 0 saturated carbocycles. The van der Waals surface area contributed by atoms with Crippen LogP contribution in [0.1, 0.15) is 48.5 Å². The van der Waals surface area contributed by atoms with Gasteiger partial charge in [0.2, 0.25) is 0 Å². The first-order chi connectivity index (χ1) is 10.8. The average molecular weight is 346 g/mol. The van der Waals surface area contributed by atoms with E-state index in [1.807, 2.05) is 48.5 Å². The summed E-state index contributed by atoms with van der Waals surface area (Å²) in [7, 11) is 4.40. The van der Waals surface area contributed by atoms with Crippen LogP contribution < -0.4 is 0 Å². The molecule has 0 aliphatic rings. The first kappa shape index (κ1) is 22.9. The van der Waals surface area contributed by atoms with Gasteiger partial charge in [0, 0.05) is 13.0 Å². The number of carbonyl (C=O) groups is 1. The van der Waals surface area contributed by atoms with Crippen molar-refractivity contribution in [2.45, 2.75) is 72.1 Å². The number of rotatable bonds is 8. The van der Waals surface area contributed by atoms with Crippen LogP contribution >= 0.6 is 0 Å². The molecule has 0 aromatic carbocycles. The quantitative estimate of drug-likeness (QED) is 0.291. The Labute approximate surface area is 146 Å². The van der Waals surface area contributed by atoms with Crippen LogP contribution in [0.2, 0.25) is 0 Å². The lowest BCUT2D eigenvalue weighted by molar-refractivity contribution is -0.278. The molecule has 142 valence electrons. The lowest BCUT2D eigenvalue weighted by Crippen LogP contribution is -2.46. The highest BCUT2D eigenvalue weighted by atomic mass is 16.7. The molecular weight excluding hydrogens is 312 g/mol. The van der Waals surface area contributed by atoms with Gasteiger partial charge in [-0.25, -0.2) is 4.79 Å². The predicted octanol–water partition coefficient (Wildman–Crippen LogP) is 3.30. The van der Waals surface area contributed by atoms with E-state index in [1.165, 1.54) is 20.3 Å². The molecule has 0 fully saturated rings. The minimum atomic E-state index is -0.638. The molecule has 24 heavy (non-hydrogen) atoms. The lowest BCUT2D eigenvalue weighted by atomic mass is 10.00. The molecule has 0 radical (unpaired) electrons. The molecule has 0 aromatic heterocycles. The van der Waals surface area contributed by atoms with E-state index in [-0.39, 0.29) is 5.92 Å². The molecule has 0 aliphatic carbocycles. The summed E-state index contributed by atoms with van der Waals surface area (Å²) in [6, 6.07) is 0. The Bertz CT molecular complexity index is 400. The smallest absolute Gasteiger partial charge is 0.333 e. The lowest BCUT2D eigenvalue weighted by Gasteiger charge is -2.38. The fraction of sp³-hybridized carbons (Fsp3) is 0.833. The Morgan fingerprint density at radius 2 is 1.33 bits per heavy atom. The zero-order valence-electron chi connectivity index (χ0n) is 16.8. The Balaban J connectivity index is 5.58. The third kappa shape index (κ3) is 8.66. The van der Waals surface area contributed by atoms with E-state index >= 15 is 0 Å². The van der Waals surface area contributed by atoms with Gasteiger partial charge in [0.25, 0.3) is 0 Å². The van der Waals surface area contributed by atoms with Crippen molar-refractivity contribution in [1.82, 2.24) is 0 Å². The number of methoxy groups -OCH3 is 3. The van der Waals surface area contributed by atoms with Crippen molar-refractivity contribution < 1.29 is 28.5 Å². The van der Waals surface area contributed by atoms with Crippen molar-refractivity contribution in [3.05, 3.63) is 11.8 Å². The molecule has 2 atom stereocenters. The van der Waals surface area contributed by atoms with Crippen molar-refractivity contribution >= 4 is 5.97 Å². The van der Waals surface area contributed by atoms with E-state index in [1.54, 1.807) is 7.11 Å². The van der Waals surface area contributed by atoms with E-state index in [0.29, 0.717) is 5.76 Å². The van der Waals surface area contributed by atoms with Crippen LogP contribution in [0.25, 0.3) is 0 Å². The monoisotopic (exact) mass is 346 g/mol. The molecule has 0 saturated heterocycles. The normalized spacial score (nSPS) is 16.0. The van der Waals surface area contributed by atoms with Crippen LogP contribution in [0.5, 0.6) is 0 Å². The summed E-state index contributed by atoms with van der Waals surface area (Å²) in [5.41, 5.74) is -0.850. The largest absolute Gasteiger partial charge is 0.500 e. The average Bonchev–Trinajstić information content (AvgIpc) is 2.41. The van der Waals surface area contributed by atoms with Crippen LogP contribution in [0, 0.1) is 5.92 Å². The molecule has 0 aromatic rings. The van der Waals surface area contributed by atoms with Crippen LogP contribution in [-0.2, 0) is 28.5 Å². The second-order valence-corrected chi connectivity index (χ2v) is 7.59. The zero-order valence-corrected chi connectivity index (χ0v) is 16.8. The summed E-state index contributed by atoms with van der Waals surface area (Å²) >= 11 is 0. The van der Waals surface area contributed by atoms with E-state index in [2.05, 4.69) is 4.74 Å². The highest BCUT2D eigenvalue weighted by molar-refractivity contribution is 5.82. The number of hydrogen-bond acceptors (Lipinski definition) is 6. The van der Waals surface area contributed by atoms with Crippen molar-refractivity contribution in [2.24, 2.45) is 5.92 Å². The van der Waals surface area contributed by atoms with Crippen LogP contribution in [0.3, 0.4) is 0 Å². The summed E-state index contributed by atoms with van der Waals surface area (Å²) in [5, 5.41) is 0. The summed E-state index contributed by atoms with van der Waals surface area (Å²) in [5.74, 6) is -0.332. The predicted molar refractivity (Wildman–Crippen MR) is 92.5 cm³/mol. The number of ether oxygens (including phenoxy) is 5. The number of esters is 1. The standard InChI is InChI=1S/C18H34O6/c1-12(13(20-8)11-14(19)21-9)15(22-10)16(23-17(2,3)4)24-18(5,6)7/h11-12,15-16H,1-10H3/b13-11+/t12-,15+/m0/s1. The molecule has 0 amide bonds. The highest BCUT2D eigenvalue weighted by Gasteiger charge is 2.37. The molecule has 0 aliphatic heterocycles. The second-order valence-electron chi connectivity index (χ2n) is 7.59. The molecule has 0 unspecified atom stereocenters. The van der Waals surface area contributed by atoms with E-state index < -0.39 is 29.6 Å². The maximum Gasteiger partial charge on any atom is 0.333 e. The second kappa shape index (κ2) is 9.39. The minimum Gasteiger partial charge on any atom is -0.500 e. The Kier molecular flexibility index (Phi) is 8.96. The topological polar surface area (TPSA) is 63.2 Å². The third-order valence-corrected chi connectivity index (χ3v) is 3.12. The molecule has 6 nitrogen and oxygen atoms in total. The van der Waals surface area contributed by atoms with Gasteiger partial charge in [-0.2, -0.15) is 0 Å². The molecule has 6 heteroatoms. The highest BCUT2D eigenvalue weighted by Crippen LogP contribution is 2.28. The van der Waals surface area contributed by atoms with Gasteiger partial charge < -0.3 is 23.7 Å². The van der Waals surface area contributed by atoms with Gasteiger partial charge in [-0.3, -0.25) is 0 Å². The summed E-state index contributed by atoms with van der Waals surface area (Å²) in [6.07, 6.45) is 0.197. The van der Waals surface area contributed by atoms with E-state index in [0.717, 1.165) is 0 Å². The summed E-state index contributed by atoms with van der Waals surface area (Å²) in [6.45, 7) is 13.6. The van der Waals surface area contributed by atoms with Crippen molar-refractivity contribution in [1.29, 1.82) is 0 Å². The van der Waals surface area contributed by atoms with Gasteiger partial charge in [0.15, 0.2) is 6.29 Å². The van der Waals surface area contributed by atoms with Crippen LogP contribution in [0.4, 0.5) is 0 Å². The fourth-order valence-corrected chi connectivity index (χ4v) is 2.12. The number of carbonyl (C=O) groups excluding carboxylic acids is 1. The Hall–Kier alpha value is -1.11. The van der Waals surface area contributed by atoms with Gasteiger partial charge in [0.05, 0.1) is 31.5 Å². The first-order valence-corrected chi connectivity index (χ1v) is 8.06. The van der Waals surface area contributed by atoms with Crippen molar-refractivity contribution in [3.63, 3.8) is 0 Å².